The largest absolute Gasteiger partial charge is 0.490 e. The van der Waals surface area contributed by atoms with E-state index in [-0.39, 0.29) is 13.2 Å². The molecule has 842 valence electrons. The molecule has 12 nitrogen and oxygen atoms in total. The van der Waals surface area contributed by atoms with Crippen LogP contribution in [0.3, 0.4) is 0 Å². The van der Waals surface area contributed by atoms with E-state index in [4.69, 9.17) is 47.9 Å². The third kappa shape index (κ3) is 78.6. The Morgan fingerprint density at radius 2 is 0.315 bits per heavy atom. The van der Waals surface area contributed by atoms with Gasteiger partial charge >= 0.3 is 11.9 Å². The number of pyridine rings is 2. The molecule has 0 atom stereocenters. The zero-order valence-corrected chi connectivity index (χ0v) is 97.3. The van der Waals surface area contributed by atoms with Crippen LogP contribution in [0.15, 0.2) is 60.9 Å². The molecule has 2 aromatic carbocycles. The van der Waals surface area contributed by atoms with Gasteiger partial charge in [0.25, 0.3) is 0 Å². The number of carbonyl (C=O) groups is 2. The number of nitrogens with zero attached hydrogens (tertiary/aromatic N) is 2. The van der Waals surface area contributed by atoms with E-state index in [1.165, 1.54) is 539 Å². The SMILES string of the molecule is CCCCCCCCCCCCCCCCCCOc1cc(COC(=O)c2ccnc(-c3cc(C(=O)OCc4cc(OCCCCCCCCCCCCCCCCCC)c(OCCCCCCCCCCCCCCCCCC)c(OCCCCCCCCCCCCCCCCCC)c4)ccn3)c2)cc(OCCCCCCCCCCCCCCCCCC)c1OCCCCCCCCCCCCCCCCCC. The lowest BCUT2D eigenvalue weighted by Crippen LogP contribution is -2.09. The molecule has 0 N–H and O–H groups in total. The standard InChI is InChI=1S/C134H236N2O10/c1-7-13-19-25-31-37-43-49-55-61-67-73-79-85-91-97-107-139-127-113-121(114-128(140-108-98-92-86-80-74-68-62-56-50-44-38-32-26-20-14-8-2)131(127)143-111-101-95-89-83-77-71-65-59-53-47-41-35-29-23-17-11-5)119-145-133(137)123-103-105-135-125(117-123)126-118-124(104-106-136-126)134(138)146-120-122-115-129(141-109-99-93-87-81-75-69-63-57-51-45-39-33-27-21-15-9-3)132(144-112-102-96-90-84-78-72-66-60-54-48-42-36-30-24-18-12-6)130(116-122)142-110-100-94-88-82-76-70-64-58-52-46-40-34-28-22-16-10-4/h103-106,113-118H,7-102,107-112,119-120H2,1-6H3. The molecule has 0 spiro atoms. The maximum atomic E-state index is 14.5. The van der Waals surface area contributed by atoms with Gasteiger partial charge in [0, 0.05) is 12.4 Å². The van der Waals surface area contributed by atoms with Crippen molar-refractivity contribution in [3.8, 4) is 45.9 Å². The highest BCUT2D eigenvalue weighted by atomic mass is 16.6. The van der Waals surface area contributed by atoms with Gasteiger partial charge in [0.1, 0.15) is 13.2 Å². The molecule has 146 heavy (non-hydrogen) atoms. The Hall–Kier alpha value is -5.52. The van der Waals surface area contributed by atoms with E-state index in [0.29, 0.717) is 96.7 Å². The summed E-state index contributed by atoms with van der Waals surface area (Å²) in [5.74, 6) is 2.91. The van der Waals surface area contributed by atoms with E-state index in [0.717, 1.165) is 88.2 Å². The van der Waals surface area contributed by atoms with Gasteiger partial charge in [-0.2, -0.15) is 0 Å². The second-order valence-corrected chi connectivity index (χ2v) is 44.8. The number of esters is 2. The van der Waals surface area contributed by atoms with Crippen molar-refractivity contribution in [1.29, 1.82) is 0 Å². The smallest absolute Gasteiger partial charge is 0.338 e. The first-order chi connectivity index (χ1) is 72.3. The van der Waals surface area contributed by atoms with Crippen LogP contribution in [0.5, 0.6) is 34.5 Å². The number of carbonyl (C=O) groups excluding carboxylic acids is 2. The summed E-state index contributed by atoms with van der Waals surface area (Å²) < 4.78 is 53.5. The summed E-state index contributed by atoms with van der Waals surface area (Å²) in [5.41, 5.74) is 3.05. The molecule has 0 unspecified atom stereocenters. The van der Waals surface area contributed by atoms with Gasteiger partial charge in [-0.3, -0.25) is 9.97 Å². The monoisotopic (exact) mass is 2030 g/mol. The summed E-state index contributed by atoms with van der Waals surface area (Å²) in [5, 5.41) is 0. The zero-order valence-electron chi connectivity index (χ0n) is 97.3. The number of benzene rings is 2. The van der Waals surface area contributed by atoms with Crippen molar-refractivity contribution in [2.75, 3.05) is 39.6 Å². The maximum Gasteiger partial charge on any atom is 0.338 e. The third-order valence-electron chi connectivity index (χ3n) is 30.7. The molecular weight excluding hydrogens is 1800 g/mol. The van der Waals surface area contributed by atoms with Crippen molar-refractivity contribution in [2.24, 2.45) is 0 Å². The van der Waals surface area contributed by atoms with Gasteiger partial charge in [-0.1, -0.05) is 619 Å². The van der Waals surface area contributed by atoms with Crippen LogP contribution in [0.4, 0.5) is 0 Å². The van der Waals surface area contributed by atoms with Gasteiger partial charge in [-0.25, -0.2) is 9.59 Å². The molecule has 0 saturated heterocycles. The van der Waals surface area contributed by atoms with E-state index in [1.54, 1.807) is 36.7 Å². The van der Waals surface area contributed by atoms with Crippen LogP contribution < -0.4 is 28.4 Å². The topological polar surface area (TPSA) is 134 Å². The van der Waals surface area contributed by atoms with Crippen molar-refractivity contribution in [3.05, 3.63) is 83.2 Å². The van der Waals surface area contributed by atoms with Crippen molar-refractivity contribution in [3.63, 3.8) is 0 Å². The molecule has 2 heterocycles. The Morgan fingerprint density at radius 1 is 0.178 bits per heavy atom. The van der Waals surface area contributed by atoms with Crippen molar-refractivity contribution < 1.29 is 47.5 Å². The van der Waals surface area contributed by atoms with E-state index >= 15 is 0 Å². The lowest BCUT2D eigenvalue weighted by molar-refractivity contribution is 0.0463. The summed E-state index contributed by atoms with van der Waals surface area (Å²) in [4.78, 5) is 38.4. The lowest BCUT2D eigenvalue weighted by atomic mass is 10.0. The number of aromatic nitrogens is 2. The number of ether oxygens (including phenoxy) is 8. The minimum absolute atomic E-state index is 0.00398. The van der Waals surface area contributed by atoms with Crippen LogP contribution >= 0.6 is 0 Å². The summed E-state index contributed by atoms with van der Waals surface area (Å²) in [6.45, 7) is 17.2. The molecule has 4 rings (SSSR count). The molecule has 0 amide bonds. The van der Waals surface area contributed by atoms with Crippen LogP contribution in [0.2, 0.25) is 0 Å². The quantitative estimate of drug-likeness (QED) is 0.0308. The maximum absolute atomic E-state index is 14.5. The summed E-state index contributed by atoms with van der Waals surface area (Å²) in [7, 11) is 0. The summed E-state index contributed by atoms with van der Waals surface area (Å²) >= 11 is 0. The van der Waals surface area contributed by atoms with Gasteiger partial charge in [0.2, 0.25) is 11.5 Å². The molecule has 0 aliphatic heterocycles. The van der Waals surface area contributed by atoms with Crippen molar-refractivity contribution in [1.82, 2.24) is 9.97 Å². The van der Waals surface area contributed by atoms with Gasteiger partial charge in [-0.05, 0) is 98.2 Å². The number of rotatable bonds is 115. The van der Waals surface area contributed by atoms with Gasteiger partial charge in [0.05, 0.1) is 62.2 Å². The Bertz CT molecular complexity index is 3130. The molecule has 0 bridgehead atoms. The van der Waals surface area contributed by atoms with Crippen molar-refractivity contribution >= 4 is 11.9 Å². The number of hydrogen-bond acceptors (Lipinski definition) is 12. The molecular formula is C134H236N2O10. The second kappa shape index (κ2) is 104. The first-order valence-corrected chi connectivity index (χ1v) is 64.7. The molecule has 12 heteroatoms. The van der Waals surface area contributed by atoms with Crippen LogP contribution in [-0.4, -0.2) is 61.5 Å². The van der Waals surface area contributed by atoms with E-state index in [2.05, 4.69) is 41.5 Å². The molecule has 0 saturated carbocycles. The highest BCUT2D eigenvalue weighted by molar-refractivity contribution is 5.92. The molecule has 2 aromatic heterocycles. The van der Waals surface area contributed by atoms with Crippen LogP contribution in [0, 0.1) is 0 Å². The van der Waals surface area contributed by atoms with Crippen LogP contribution in [-0.2, 0) is 22.7 Å². The van der Waals surface area contributed by atoms with E-state index < -0.39 is 11.9 Å². The highest BCUT2D eigenvalue weighted by Gasteiger charge is 2.23. The minimum atomic E-state index is -0.502. The minimum Gasteiger partial charge on any atom is -0.490 e. The number of unbranched alkanes of at least 4 members (excludes halogenated alkanes) is 90. The van der Waals surface area contributed by atoms with E-state index in [9.17, 15) is 9.59 Å². The Kier molecular flexibility index (Phi) is 94.4. The molecule has 0 aliphatic carbocycles. The second-order valence-electron chi connectivity index (χ2n) is 44.8. The van der Waals surface area contributed by atoms with Gasteiger partial charge in [-0.15, -0.1) is 0 Å². The molecule has 4 aromatic rings. The van der Waals surface area contributed by atoms with Crippen LogP contribution in [0.25, 0.3) is 11.4 Å². The molecule has 0 fully saturated rings. The highest BCUT2D eigenvalue weighted by Crippen LogP contribution is 2.43. The first kappa shape index (κ1) is 133. The summed E-state index contributed by atoms with van der Waals surface area (Å²) in [6.07, 6.45) is 130. The average Bonchev–Trinajstić information content (AvgIpc) is 0.823. The molecule has 0 radical (unpaired) electrons. The molecule has 0 aliphatic rings. The predicted octanol–water partition coefficient (Wildman–Crippen LogP) is 44.7. The predicted molar refractivity (Wildman–Crippen MR) is 629 cm³/mol. The third-order valence-corrected chi connectivity index (χ3v) is 30.7. The van der Waals surface area contributed by atoms with Gasteiger partial charge in [0.15, 0.2) is 23.0 Å². The Balaban J connectivity index is 1.52. The average molecular weight is 2040 g/mol. The fourth-order valence-corrected chi connectivity index (χ4v) is 21.0. The van der Waals surface area contributed by atoms with Crippen LogP contribution in [0.1, 0.15) is 690 Å². The Labute approximate surface area is 903 Å². The fourth-order valence-electron chi connectivity index (χ4n) is 21.0. The lowest BCUT2D eigenvalue weighted by Gasteiger charge is -2.19. The zero-order chi connectivity index (χ0) is 104. The first-order valence-electron chi connectivity index (χ1n) is 64.7. The van der Waals surface area contributed by atoms with E-state index in [1.807, 2.05) is 24.3 Å². The normalized spacial score (nSPS) is 11.5. The fraction of sp³-hybridized carbons (Fsp3) is 0.821. The summed E-state index contributed by atoms with van der Waals surface area (Å²) in [6, 6.07) is 14.8. The Morgan fingerprint density at radius 3 is 0.466 bits per heavy atom. The van der Waals surface area contributed by atoms with Crippen molar-refractivity contribution in [2.45, 2.75) is 671 Å². The van der Waals surface area contributed by atoms with Gasteiger partial charge < -0.3 is 37.9 Å². The number of hydrogen-bond donors (Lipinski definition) is 0.